The van der Waals surface area contributed by atoms with Gasteiger partial charge in [0.1, 0.15) is 0 Å². The van der Waals surface area contributed by atoms with Crippen LogP contribution in [0.15, 0.2) is 29.4 Å². The Bertz CT molecular complexity index is 782. The first kappa shape index (κ1) is 16.4. The number of oxime groups is 1. The van der Waals surface area contributed by atoms with Crippen LogP contribution in [-0.4, -0.2) is 5.71 Å². The molecule has 2 aromatic carbocycles. The zero-order chi connectivity index (χ0) is 16.7. The van der Waals surface area contributed by atoms with E-state index in [1.807, 2.05) is 32.9 Å². The van der Waals surface area contributed by atoms with Crippen LogP contribution < -0.4 is 0 Å². The highest BCUT2D eigenvalue weighted by atomic mass is 35.5. The molecular weight excluding hydrogens is 329 g/mol. The second-order valence-electron chi connectivity index (χ2n) is 6.07. The molecule has 0 spiro atoms. The van der Waals surface area contributed by atoms with Gasteiger partial charge in [-0.3, -0.25) is 0 Å². The lowest BCUT2D eigenvalue weighted by Gasteiger charge is -2.16. The van der Waals surface area contributed by atoms with Gasteiger partial charge in [-0.25, -0.2) is 0 Å². The van der Waals surface area contributed by atoms with Crippen molar-refractivity contribution in [2.75, 3.05) is 0 Å². The molecule has 2 aromatic rings. The minimum atomic E-state index is -0.0520. The molecule has 0 aliphatic carbocycles. The summed E-state index contributed by atoms with van der Waals surface area (Å²) in [5.41, 5.74) is 7.26. The highest BCUT2D eigenvalue weighted by Crippen LogP contribution is 2.38. The van der Waals surface area contributed by atoms with Crippen molar-refractivity contribution in [3.8, 4) is 0 Å². The third-order valence-electron chi connectivity index (χ3n) is 4.56. The van der Waals surface area contributed by atoms with Crippen molar-refractivity contribution in [1.29, 1.82) is 0 Å². The first-order valence-electron chi connectivity index (χ1n) is 7.65. The van der Waals surface area contributed by atoms with E-state index < -0.39 is 0 Å². The van der Waals surface area contributed by atoms with E-state index in [1.54, 1.807) is 0 Å². The molecule has 0 saturated carbocycles. The van der Waals surface area contributed by atoms with Crippen LogP contribution in [0.1, 0.15) is 45.9 Å². The van der Waals surface area contributed by atoms with Crippen LogP contribution in [-0.2, 0) is 4.84 Å². The van der Waals surface area contributed by atoms with Gasteiger partial charge in [-0.05, 0) is 55.5 Å². The fourth-order valence-electron chi connectivity index (χ4n) is 3.23. The number of hydrogen-bond donors (Lipinski definition) is 0. The normalized spacial score (nSPS) is 17.1. The number of halogens is 2. The molecule has 2 nitrogen and oxygen atoms in total. The Hall–Kier alpha value is -1.51. The number of nitrogens with zero attached hydrogens (tertiary/aromatic N) is 1. The van der Waals surface area contributed by atoms with Gasteiger partial charge in [0, 0.05) is 22.0 Å². The third-order valence-corrected chi connectivity index (χ3v) is 5.69. The molecule has 1 aliphatic heterocycles. The standard InChI is InChI=1S/C19H19Cl2NO/c1-10-7-5-6-8-14(10)16-9-15(22-23-16)17-11(2)18(20)13(4)19(21)12(17)3/h5-8,16H,9H2,1-4H3/t16-/m0/s1. The van der Waals surface area contributed by atoms with Crippen LogP contribution in [0.3, 0.4) is 0 Å². The van der Waals surface area contributed by atoms with Crippen LogP contribution in [0.4, 0.5) is 0 Å². The van der Waals surface area contributed by atoms with Gasteiger partial charge in [0.2, 0.25) is 0 Å². The van der Waals surface area contributed by atoms with Gasteiger partial charge < -0.3 is 4.84 Å². The number of benzene rings is 2. The topological polar surface area (TPSA) is 21.6 Å². The van der Waals surface area contributed by atoms with Crippen molar-refractivity contribution in [2.24, 2.45) is 5.16 Å². The molecule has 0 fully saturated rings. The number of hydrogen-bond acceptors (Lipinski definition) is 2. The maximum Gasteiger partial charge on any atom is 0.158 e. The van der Waals surface area contributed by atoms with Crippen molar-refractivity contribution < 1.29 is 4.84 Å². The molecule has 0 saturated heterocycles. The monoisotopic (exact) mass is 347 g/mol. The maximum atomic E-state index is 6.44. The van der Waals surface area contributed by atoms with Gasteiger partial charge in [0.05, 0.1) is 5.71 Å². The Labute approximate surface area is 147 Å². The molecule has 0 unspecified atom stereocenters. The summed E-state index contributed by atoms with van der Waals surface area (Å²) < 4.78 is 0. The molecule has 3 rings (SSSR count). The van der Waals surface area contributed by atoms with E-state index in [9.17, 15) is 0 Å². The Morgan fingerprint density at radius 1 is 0.957 bits per heavy atom. The first-order valence-corrected chi connectivity index (χ1v) is 8.40. The minimum absolute atomic E-state index is 0.0520. The summed E-state index contributed by atoms with van der Waals surface area (Å²) in [6, 6.07) is 8.24. The summed E-state index contributed by atoms with van der Waals surface area (Å²) >= 11 is 12.9. The summed E-state index contributed by atoms with van der Waals surface area (Å²) in [5, 5.41) is 5.75. The Morgan fingerprint density at radius 3 is 2.17 bits per heavy atom. The van der Waals surface area contributed by atoms with Crippen LogP contribution in [0, 0.1) is 27.7 Å². The van der Waals surface area contributed by atoms with Crippen molar-refractivity contribution in [3.05, 3.63) is 67.7 Å². The highest BCUT2D eigenvalue weighted by molar-refractivity contribution is 6.37. The van der Waals surface area contributed by atoms with Crippen LogP contribution in [0.5, 0.6) is 0 Å². The second-order valence-corrected chi connectivity index (χ2v) is 6.83. The van der Waals surface area contributed by atoms with Gasteiger partial charge >= 0.3 is 0 Å². The summed E-state index contributed by atoms with van der Waals surface area (Å²) in [7, 11) is 0. The minimum Gasteiger partial charge on any atom is -0.387 e. The van der Waals surface area contributed by atoms with Crippen molar-refractivity contribution >= 4 is 28.9 Å². The average Bonchev–Trinajstić information content (AvgIpc) is 3.01. The van der Waals surface area contributed by atoms with E-state index >= 15 is 0 Å². The van der Waals surface area contributed by atoms with Gasteiger partial charge in [0.15, 0.2) is 6.10 Å². The van der Waals surface area contributed by atoms with Gasteiger partial charge in [-0.15, -0.1) is 0 Å². The van der Waals surface area contributed by atoms with Crippen LogP contribution in [0.25, 0.3) is 0 Å². The van der Waals surface area contributed by atoms with E-state index in [-0.39, 0.29) is 6.10 Å². The summed E-state index contributed by atoms with van der Waals surface area (Å²) in [4.78, 5) is 5.71. The first-order chi connectivity index (χ1) is 10.9. The number of rotatable bonds is 2. The van der Waals surface area contributed by atoms with Gasteiger partial charge in [-0.1, -0.05) is 52.6 Å². The predicted octanol–water partition coefficient (Wildman–Crippen LogP) is 6.09. The zero-order valence-corrected chi connectivity index (χ0v) is 15.2. The third kappa shape index (κ3) is 2.75. The number of aryl methyl sites for hydroxylation is 1. The van der Waals surface area contributed by atoms with Gasteiger partial charge in [0.25, 0.3) is 0 Å². The molecule has 120 valence electrons. The van der Waals surface area contributed by atoms with E-state index in [0.29, 0.717) is 10.0 Å². The Kier molecular flexibility index (Phi) is 4.39. The quantitative estimate of drug-likeness (QED) is 0.643. The van der Waals surface area contributed by atoms with Crippen molar-refractivity contribution in [2.45, 2.75) is 40.2 Å². The summed E-state index contributed by atoms with van der Waals surface area (Å²) in [6.45, 7) is 8.06. The SMILES string of the molecule is Cc1ccccc1[C@@H]1CC(c2c(C)c(Cl)c(C)c(Cl)c2C)=NO1. The average molecular weight is 348 g/mol. The van der Waals surface area contributed by atoms with Crippen molar-refractivity contribution in [3.63, 3.8) is 0 Å². The Balaban J connectivity index is 1.98. The van der Waals surface area contributed by atoms with E-state index in [4.69, 9.17) is 28.0 Å². The largest absolute Gasteiger partial charge is 0.387 e. The molecule has 0 N–H and O–H groups in total. The summed E-state index contributed by atoms with van der Waals surface area (Å²) in [5.74, 6) is 0. The van der Waals surface area contributed by atoms with Crippen LogP contribution >= 0.6 is 23.2 Å². The van der Waals surface area contributed by atoms with E-state index in [2.05, 4.69) is 24.2 Å². The smallest absolute Gasteiger partial charge is 0.158 e. The molecule has 0 bridgehead atoms. The molecule has 1 aliphatic rings. The second kappa shape index (κ2) is 6.18. The zero-order valence-electron chi connectivity index (χ0n) is 13.7. The molecule has 1 heterocycles. The lowest BCUT2D eigenvalue weighted by atomic mass is 9.91. The van der Waals surface area contributed by atoms with Crippen LogP contribution in [0.2, 0.25) is 10.0 Å². The molecular formula is C19H19Cl2NO. The molecule has 1 atom stereocenters. The maximum absolute atomic E-state index is 6.44. The van der Waals surface area contributed by atoms with Crippen molar-refractivity contribution in [1.82, 2.24) is 0 Å². The molecule has 0 aromatic heterocycles. The lowest BCUT2D eigenvalue weighted by Crippen LogP contribution is -2.08. The van der Waals surface area contributed by atoms with E-state index in [0.717, 1.165) is 34.4 Å². The molecule has 0 radical (unpaired) electrons. The summed E-state index contributed by atoms with van der Waals surface area (Å²) in [6.07, 6.45) is 0.672. The predicted molar refractivity (Wildman–Crippen MR) is 96.8 cm³/mol. The molecule has 23 heavy (non-hydrogen) atoms. The molecule has 0 amide bonds. The van der Waals surface area contributed by atoms with Gasteiger partial charge in [-0.2, -0.15) is 0 Å². The highest BCUT2D eigenvalue weighted by Gasteiger charge is 2.28. The fourth-order valence-corrected chi connectivity index (χ4v) is 3.66. The lowest BCUT2D eigenvalue weighted by molar-refractivity contribution is 0.0853. The Morgan fingerprint density at radius 2 is 1.57 bits per heavy atom. The molecule has 4 heteroatoms. The fraction of sp³-hybridized carbons (Fsp3) is 0.316. The van der Waals surface area contributed by atoms with E-state index in [1.165, 1.54) is 11.1 Å².